The maximum atomic E-state index is 12.9. The third kappa shape index (κ3) is 3.74. The third-order valence-electron chi connectivity index (χ3n) is 6.10. The minimum absolute atomic E-state index is 0.0261. The number of carboxylic acids is 3. The average Bonchev–Trinajstić information content (AvgIpc) is 2.70. The van der Waals surface area contributed by atoms with Gasteiger partial charge >= 0.3 is 17.9 Å². The van der Waals surface area contributed by atoms with Crippen LogP contribution in [0.5, 0.6) is 0 Å². The van der Waals surface area contributed by atoms with Crippen LogP contribution in [0.3, 0.4) is 0 Å². The van der Waals surface area contributed by atoms with Gasteiger partial charge in [-0.2, -0.15) is 0 Å². The van der Waals surface area contributed by atoms with Crippen LogP contribution in [0.2, 0.25) is 0 Å². The van der Waals surface area contributed by atoms with E-state index in [9.17, 15) is 34.5 Å². The first-order valence-electron chi connectivity index (χ1n) is 9.43. The molecule has 0 aromatic heterocycles. The molecule has 0 saturated heterocycles. The predicted octanol–water partition coefficient (Wildman–Crippen LogP) is 1.44. The van der Waals surface area contributed by atoms with Crippen molar-refractivity contribution in [3.05, 3.63) is 48.0 Å². The van der Waals surface area contributed by atoms with E-state index >= 15 is 0 Å². The number of allylic oxidation sites excluding steroid dienone is 2. The zero-order valence-corrected chi connectivity index (χ0v) is 15.8. The Morgan fingerprint density at radius 2 is 1.28 bits per heavy atom. The lowest BCUT2D eigenvalue weighted by Gasteiger charge is -2.48. The summed E-state index contributed by atoms with van der Waals surface area (Å²) in [6.07, 6.45) is 2.94. The zero-order valence-electron chi connectivity index (χ0n) is 15.8. The van der Waals surface area contributed by atoms with Crippen LogP contribution in [-0.4, -0.2) is 45.7 Å². The maximum Gasteiger partial charge on any atom is 0.308 e. The Morgan fingerprint density at radius 3 is 1.76 bits per heavy atom. The normalized spacial score (nSPS) is 31.1. The van der Waals surface area contributed by atoms with Gasteiger partial charge in [0.1, 0.15) is 0 Å². The molecule has 1 amide bonds. The van der Waals surface area contributed by atoms with E-state index in [0.717, 1.165) is 5.56 Å². The van der Waals surface area contributed by atoms with Gasteiger partial charge in [0.25, 0.3) is 0 Å². The third-order valence-corrected chi connectivity index (χ3v) is 6.10. The van der Waals surface area contributed by atoms with E-state index in [-0.39, 0.29) is 12.5 Å². The van der Waals surface area contributed by atoms with Crippen LogP contribution < -0.4 is 5.32 Å². The molecule has 1 fully saturated rings. The number of carbonyl (C=O) groups excluding carboxylic acids is 1. The van der Waals surface area contributed by atoms with Gasteiger partial charge in [-0.15, -0.1) is 0 Å². The number of aliphatic carboxylic acids is 3. The molecule has 0 spiro atoms. The second kappa shape index (κ2) is 8.06. The minimum atomic E-state index is -1.38. The molecule has 3 aliphatic carbocycles. The van der Waals surface area contributed by atoms with E-state index in [2.05, 4.69) is 5.32 Å². The lowest BCUT2D eigenvalue weighted by molar-refractivity contribution is -0.173. The van der Waals surface area contributed by atoms with Crippen molar-refractivity contribution in [2.24, 2.45) is 35.5 Å². The van der Waals surface area contributed by atoms with Crippen LogP contribution in [-0.2, 0) is 19.2 Å². The number of fused-ring (bicyclic) bond motifs is 2. The second-order valence-electron chi connectivity index (χ2n) is 7.71. The number of carbonyl (C=O) groups is 4. The molecule has 29 heavy (non-hydrogen) atoms. The Hall–Kier alpha value is -3.16. The Bertz CT molecular complexity index is 850. The fourth-order valence-corrected chi connectivity index (χ4v) is 4.70. The number of hydrogen-bond acceptors (Lipinski definition) is 4. The van der Waals surface area contributed by atoms with E-state index in [0.29, 0.717) is 0 Å². The lowest BCUT2D eigenvalue weighted by atomic mass is 9.53. The number of benzene rings is 1. The molecular formula is C21H23NO7. The Balaban J connectivity index is 1.84. The molecule has 4 rings (SSSR count). The number of hydrogen-bond donors (Lipinski definition) is 4. The molecule has 7 atom stereocenters. The molecule has 0 radical (unpaired) electrons. The first kappa shape index (κ1) is 20.6. The minimum Gasteiger partial charge on any atom is -0.481 e. The van der Waals surface area contributed by atoms with Crippen molar-refractivity contribution in [2.45, 2.75) is 12.8 Å². The van der Waals surface area contributed by atoms with Gasteiger partial charge in [0, 0.05) is 18.4 Å². The molecule has 8 heteroatoms. The molecule has 4 N–H and O–H groups in total. The standard InChI is InChI=1S/C21H23NO7/c1-10(11-5-3-2-4-6-11)9-22-18(23)14-12-7-8-13(15(14)19(24)25)17(21(28)29)16(12)20(26)27/h2-8,10,12-17H,9H2,1H3,(H,22,23)(H,24,25)(H,26,27)(H,28,29). The summed E-state index contributed by atoms with van der Waals surface area (Å²) in [5.41, 5.74) is 1.00. The van der Waals surface area contributed by atoms with Gasteiger partial charge in [0.05, 0.1) is 23.7 Å². The summed E-state index contributed by atoms with van der Waals surface area (Å²) in [6, 6.07) is 9.47. The van der Waals surface area contributed by atoms with Crippen molar-refractivity contribution in [1.29, 1.82) is 0 Å². The van der Waals surface area contributed by atoms with Crippen molar-refractivity contribution in [1.82, 2.24) is 5.32 Å². The van der Waals surface area contributed by atoms with Crippen LogP contribution in [0.4, 0.5) is 0 Å². The van der Waals surface area contributed by atoms with E-state index in [1.165, 1.54) is 12.2 Å². The summed E-state index contributed by atoms with van der Waals surface area (Å²) < 4.78 is 0. The molecule has 0 aliphatic heterocycles. The van der Waals surface area contributed by atoms with Crippen molar-refractivity contribution in [3.63, 3.8) is 0 Å². The first-order valence-corrected chi connectivity index (χ1v) is 9.43. The SMILES string of the molecule is CC(CNC(=O)C1C2C=CC(C(C(=O)O)C2C(=O)O)C1C(=O)O)c1ccccc1. The monoisotopic (exact) mass is 401 g/mol. The Morgan fingerprint density at radius 1 is 0.828 bits per heavy atom. The summed E-state index contributed by atoms with van der Waals surface area (Å²) in [4.78, 5) is 48.3. The summed E-state index contributed by atoms with van der Waals surface area (Å²) >= 11 is 0. The molecule has 0 heterocycles. The summed E-state index contributed by atoms with van der Waals surface area (Å²) in [6.45, 7) is 2.17. The highest BCUT2D eigenvalue weighted by molar-refractivity contribution is 5.90. The summed E-state index contributed by atoms with van der Waals surface area (Å²) in [7, 11) is 0. The smallest absolute Gasteiger partial charge is 0.308 e. The molecule has 1 aromatic rings. The predicted molar refractivity (Wildman–Crippen MR) is 101 cm³/mol. The topological polar surface area (TPSA) is 141 Å². The first-order chi connectivity index (χ1) is 13.7. The Kier molecular flexibility index (Phi) is 5.72. The number of rotatable bonds is 7. The van der Waals surface area contributed by atoms with E-state index in [4.69, 9.17) is 0 Å². The van der Waals surface area contributed by atoms with Crippen molar-refractivity contribution >= 4 is 23.8 Å². The van der Waals surface area contributed by atoms with E-state index < -0.39 is 59.3 Å². The summed E-state index contributed by atoms with van der Waals surface area (Å²) in [5, 5.41) is 31.6. The van der Waals surface area contributed by atoms with Crippen molar-refractivity contribution in [3.8, 4) is 0 Å². The second-order valence-corrected chi connectivity index (χ2v) is 7.71. The van der Waals surface area contributed by atoms with Gasteiger partial charge in [-0.1, -0.05) is 49.4 Å². The van der Waals surface area contributed by atoms with E-state index in [1.54, 1.807) is 0 Å². The van der Waals surface area contributed by atoms with Crippen LogP contribution in [0.25, 0.3) is 0 Å². The Labute approximate surface area is 167 Å². The molecular weight excluding hydrogens is 378 g/mol. The van der Waals surface area contributed by atoms with Gasteiger partial charge in [-0.05, 0) is 11.5 Å². The summed E-state index contributed by atoms with van der Waals surface area (Å²) in [5.74, 6) is -11.8. The molecule has 8 nitrogen and oxygen atoms in total. The number of carboxylic acid groups (broad SMARTS) is 3. The van der Waals surface area contributed by atoms with Crippen LogP contribution in [0.1, 0.15) is 18.4 Å². The highest BCUT2D eigenvalue weighted by atomic mass is 16.4. The van der Waals surface area contributed by atoms with Crippen LogP contribution >= 0.6 is 0 Å². The molecule has 3 aliphatic rings. The fourth-order valence-electron chi connectivity index (χ4n) is 4.70. The van der Waals surface area contributed by atoms with Crippen molar-refractivity contribution < 1.29 is 34.5 Å². The van der Waals surface area contributed by atoms with Gasteiger partial charge in [-0.25, -0.2) is 0 Å². The number of amides is 1. The van der Waals surface area contributed by atoms with Gasteiger partial charge in [-0.3, -0.25) is 19.2 Å². The molecule has 7 unspecified atom stereocenters. The van der Waals surface area contributed by atoms with Gasteiger partial charge in [0.15, 0.2) is 0 Å². The highest BCUT2D eigenvalue weighted by Crippen LogP contribution is 2.51. The van der Waals surface area contributed by atoms with Gasteiger partial charge in [0.2, 0.25) is 5.91 Å². The van der Waals surface area contributed by atoms with Crippen LogP contribution in [0.15, 0.2) is 42.5 Å². The molecule has 1 saturated carbocycles. The zero-order chi connectivity index (χ0) is 21.3. The molecule has 1 aromatic carbocycles. The molecule has 154 valence electrons. The fraction of sp³-hybridized carbons (Fsp3) is 0.429. The quantitative estimate of drug-likeness (QED) is 0.507. The largest absolute Gasteiger partial charge is 0.481 e. The number of nitrogens with one attached hydrogen (secondary N) is 1. The average molecular weight is 401 g/mol. The van der Waals surface area contributed by atoms with Gasteiger partial charge < -0.3 is 20.6 Å². The highest BCUT2D eigenvalue weighted by Gasteiger charge is 2.60. The lowest BCUT2D eigenvalue weighted by Crippen LogP contribution is -2.59. The maximum absolute atomic E-state index is 12.9. The van der Waals surface area contributed by atoms with Crippen LogP contribution in [0, 0.1) is 35.5 Å². The van der Waals surface area contributed by atoms with Crippen molar-refractivity contribution in [2.75, 3.05) is 6.54 Å². The molecule has 2 bridgehead atoms. The van der Waals surface area contributed by atoms with E-state index in [1.807, 2.05) is 37.3 Å².